The number of aromatic nitrogens is 1. The van der Waals surface area contributed by atoms with Crippen LogP contribution in [0.15, 0.2) is 13.2 Å². The lowest BCUT2D eigenvalue weighted by atomic mass is 10.1. The molecule has 0 bridgehead atoms. The van der Waals surface area contributed by atoms with Gasteiger partial charge in [0, 0.05) is 30.0 Å². The summed E-state index contributed by atoms with van der Waals surface area (Å²) < 4.78 is 0. The molecule has 0 aromatic carbocycles. The second kappa shape index (κ2) is 7.70. The second-order valence-corrected chi connectivity index (χ2v) is 4.64. The molecule has 1 heterocycles. The topological polar surface area (TPSA) is 48.1 Å². The summed E-state index contributed by atoms with van der Waals surface area (Å²) in [5.41, 5.74) is 3.16. The minimum absolute atomic E-state index is 0.0612. The summed E-state index contributed by atoms with van der Waals surface area (Å²) in [5.74, 6) is -0.0612. The second-order valence-electron chi connectivity index (χ2n) is 4.64. The minimum atomic E-state index is -0.0612. The average molecular weight is 275 g/mol. The molecule has 0 fully saturated rings. The molecule has 0 saturated carbocycles. The van der Waals surface area contributed by atoms with E-state index >= 15 is 0 Å². The number of nitrogens with one attached hydrogen (secondary N) is 2. The molecule has 0 aliphatic rings. The lowest BCUT2D eigenvalue weighted by molar-refractivity contribution is 0.0948. The summed E-state index contributed by atoms with van der Waals surface area (Å²) in [5, 5.41) is 2.97. The Balaban J connectivity index is 2.75. The first-order valence-corrected chi connectivity index (χ1v) is 7.06. The van der Waals surface area contributed by atoms with Gasteiger partial charge >= 0.3 is 0 Å². The van der Waals surface area contributed by atoms with Crippen molar-refractivity contribution in [2.24, 2.45) is 0 Å². The summed E-state index contributed by atoms with van der Waals surface area (Å²) in [6.45, 7) is 17.1. The number of amides is 1. The number of hydrogen-bond donors (Lipinski definition) is 2. The van der Waals surface area contributed by atoms with E-state index in [2.05, 4.69) is 42.2 Å². The van der Waals surface area contributed by atoms with Crippen LogP contribution in [0.5, 0.6) is 0 Å². The highest BCUT2D eigenvalue weighted by Crippen LogP contribution is 2.20. The molecular formula is C16H25N3O. The van der Waals surface area contributed by atoms with Crippen molar-refractivity contribution in [2.45, 2.75) is 20.8 Å². The molecule has 0 saturated heterocycles. The Labute approximate surface area is 121 Å². The van der Waals surface area contributed by atoms with Crippen LogP contribution < -0.4 is 5.32 Å². The third-order valence-electron chi connectivity index (χ3n) is 3.50. The van der Waals surface area contributed by atoms with Crippen molar-refractivity contribution in [3.63, 3.8) is 0 Å². The van der Waals surface area contributed by atoms with Crippen molar-refractivity contribution in [2.75, 3.05) is 26.2 Å². The summed E-state index contributed by atoms with van der Waals surface area (Å²) >= 11 is 0. The van der Waals surface area contributed by atoms with Gasteiger partial charge in [-0.1, -0.05) is 33.1 Å². The zero-order valence-electron chi connectivity index (χ0n) is 12.8. The van der Waals surface area contributed by atoms with Crippen LogP contribution in [0.25, 0.3) is 12.2 Å². The SMILES string of the molecule is C=Cc1[nH]c(C)c(C(=O)NCCN(CC)CC)c1C=C. The predicted molar refractivity (Wildman–Crippen MR) is 85.8 cm³/mol. The van der Waals surface area contributed by atoms with E-state index < -0.39 is 0 Å². The Bertz CT molecular complexity index is 484. The van der Waals surface area contributed by atoms with E-state index in [9.17, 15) is 4.79 Å². The Morgan fingerprint density at radius 2 is 1.95 bits per heavy atom. The van der Waals surface area contributed by atoms with Gasteiger partial charge in [0.25, 0.3) is 5.91 Å². The van der Waals surface area contributed by atoms with Gasteiger partial charge in [-0.2, -0.15) is 0 Å². The largest absolute Gasteiger partial charge is 0.358 e. The maximum absolute atomic E-state index is 12.3. The molecule has 0 aliphatic carbocycles. The highest BCUT2D eigenvalue weighted by atomic mass is 16.1. The van der Waals surface area contributed by atoms with Crippen molar-refractivity contribution >= 4 is 18.1 Å². The number of aromatic amines is 1. The van der Waals surface area contributed by atoms with Crippen LogP contribution in [0.2, 0.25) is 0 Å². The van der Waals surface area contributed by atoms with Crippen LogP contribution in [0.3, 0.4) is 0 Å². The van der Waals surface area contributed by atoms with E-state index in [4.69, 9.17) is 0 Å². The van der Waals surface area contributed by atoms with E-state index in [0.717, 1.165) is 36.6 Å². The Kier molecular flexibility index (Phi) is 6.25. The normalized spacial score (nSPS) is 10.6. The Morgan fingerprint density at radius 1 is 1.30 bits per heavy atom. The smallest absolute Gasteiger partial charge is 0.253 e. The van der Waals surface area contributed by atoms with E-state index in [1.54, 1.807) is 12.2 Å². The van der Waals surface area contributed by atoms with Gasteiger partial charge in [-0.15, -0.1) is 0 Å². The Morgan fingerprint density at radius 3 is 2.45 bits per heavy atom. The predicted octanol–water partition coefficient (Wildman–Crippen LogP) is 2.68. The first-order valence-electron chi connectivity index (χ1n) is 7.06. The van der Waals surface area contributed by atoms with E-state index in [0.29, 0.717) is 12.1 Å². The lowest BCUT2D eigenvalue weighted by Gasteiger charge is -2.18. The van der Waals surface area contributed by atoms with Crippen LogP contribution >= 0.6 is 0 Å². The molecule has 1 aromatic rings. The quantitative estimate of drug-likeness (QED) is 0.766. The number of nitrogens with zero attached hydrogens (tertiary/aromatic N) is 1. The summed E-state index contributed by atoms with van der Waals surface area (Å²) in [6.07, 6.45) is 3.40. The van der Waals surface area contributed by atoms with Gasteiger partial charge in [-0.05, 0) is 26.1 Å². The standard InChI is InChI=1S/C16H25N3O/c1-6-13-14(7-2)18-12(5)15(13)16(20)17-10-11-19(8-3)9-4/h6-7,18H,1-2,8-11H2,3-5H3,(H,17,20). The monoisotopic (exact) mass is 275 g/mol. The molecule has 1 rings (SSSR count). The third-order valence-corrected chi connectivity index (χ3v) is 3.50. The third kappa shape index (κ3) is 3.61. The van der Waals surface area contributed by atoms with Crippen molar-refractivity contribution in [1.29, 1.82) is 0 Å². The first-order chi connectivity index (χ1) is 9.58. The van der Waals surface area contributed by atoms with Gasteiger partial charge < -0.3 is 15.2 Å². The Hall–Kier alpha value is -1.81. The zero-order chi connectivity index (χ0) is 15.1. The van der Waals surface area contributed by atoms with Crippen molar-refractivity contribution in [1.82, 2.24) is 15.2 Å². The average Bonchev–Trinajstić information content (AvgIpc) is 2.79. The number of aryl methyl sites for hydroxylation is 1. The maximum atomic E-state index is 12.3. The molecule has 2 N–H and O–H groups in total. The van der Waals surface area contributed by atoms with Gasteiger partial charge in [0.1, 0.15) is 0 Å². The van der Waals surface area contributed by atoms with Gasteiger partial charge in [0.05, 0.1) is 5.56 Å². The number of hydrogen-bond acceptors (Lipinski definition) is 2. The molecule has 0 unspecified atom stereocenters. The molecule has 0 spiro atoms. The number of rotatable bonds is 8. The van der Waals surface area contributed by atoms with Crippen LogP contribution in [0, 0.1) is 6.92 Å². The van der Waals surface area contributed by atoms with Gasteiger partial charge in [0.15, 0.2) is 0 Å². The van der Waals surface area contributed by atoms with Crippen LogP contribution in [-0.2, 0) is 0 Å². The highest BCUT2D eigenvalue weighted by molar-refractivity contribution is 6.00. The fourth-order valence-electron chi connectivity index (χ4n) is 2.29. The molecule has 1 aromatic heterocycles. The van der Waals surface area contributed by atoms with Crippen molar-refractivity contribution < 1.29 is 4.79 Å². The number of carbonyl (C=O) groups is 1. The molecule has 1 amide bonds. The minimum Gasteiger partial charge on any atom is -0.358 e. The summed E-state index contributed by atoms with van der Waals surface area (Å²) in [6, 6.07) is 0. The maximum Gasteiger partial charge on any atom is 0.253 e. The number of likely N-dealkylation sites (N-methyl/N-ethyl adjacent to an activating group) is 1. The van der Waals surface area contributed by atoms with E-state index in [1.807, 2.05) is 6.92 Å². The van der Waals surface area contributed by atoms with Crippen molar-refractivity contribution in [3.8, 4) is 0 Å². The molecule has 0 aliphatic heterocycles. The van der Waals surface area contributed by atoms with Crippen LogP contribution in [0.1, 0.15) is 41.2 Å². The highest BCUT2D eigenvalue weighted by Gasteiger charge is 2.17. The first kappa shape index (κ1) is 16.2. The fraction of sp³-hybridized carbons (Fsp3) is 0.438. The van der Waals surface area contributed by atoms with Gasteiger partial charge in [-0.3, -0.25) is 4.79 Å². The zero-order valence-corrected chi connectivity index (χ0v) is 12.8. The molecule has 0 atom stereocenters. The molecule has 4 nitrogen and oxygen atoms in total. The van der Waals surface area contributed by atoms with E-state index in [-0.39, 0.29) is 5.91 Å². The van der Waals surface area contributed by atoms with Crippen molar-refractivity contribution in [3.05, 3.63) is 35.7 Å². The van der Waals surface area contributed by atoms with Crippen LogP contribution in [0.4, 0.5) is 0 Å². The molecule has 0 radical (unpaired) electrons. The summed E-state index contributed by atoms with van der Waals surface area (Å²) in [7, 11) is 0. The molecule has 20 heavy (non-hydrogen) atoms. The molecule has 110 valence electrons. The van der Waals surface area contributed by atoms with Gasteiger partial charge in [0.2, 0.25) is 0 Å². The van der Waals surface area contributed by atoms with E-state index in [1.165, 1.54) is 0 Å². The number of carbonyl (C=O) groups excluding carboxylic acids is 1. The van der Waals surface area contributed by atoms with Crippen LogP contribution in [-0.4, -0.2) is 42.0 Å². The van der Waals surface area contributed by atoms with Gasteiger partial charge in [-0.25, -0.2) is 0 Å². The fourth-order valence-corrected chi connectivity index (χ4v) is 2.29. The molecular weight excluding hydrogens is 250 g/mol. The number of H-pyrrole nitrogens is 1. The lowest BCUT2D eigenvalue weighted by Crippen LogP contribution is -2.35. The molecule has 4 heteroatoms. The summed E-state index contributed by atoms with van der Waals surface area (Å²) in [4.78, 5) is 17.7.